The number of unbranched alkanes of at least 4 members (excludes halogenated alkanes) is 2. The molecule has 0 aromatic heterocycles. The van der Waals surface area contributed by atoms with Crippen molar-refractivity contribution in [1.82, 2.24) is 0 Å². The molecule has 1 unspecified atom stereocenters. The smallest absolute Gasteiger partial charge is 0.204 e. The van der Waals surface area contributed by atoms with Gasteiger partial charge in [0, 0.05) is 6.42 Å². The molecule has 4 heteroatoms. The lowest BCUT2D eigenvalue weighted by molar-refractivity contribution is -0.235. The molecule has 1 rings (SSSR count). The Labute approximate surface area is 128 Å². The second kappa shape index (κ2) is 7.11. The molecule has 21 heavy (non-hydrogen) atoms. The van der Waals surface area contributed by atoms with Crippen LogP contribution in [0.3, 0.4) is 0 Å². The van der Waals surface area contributed by atoms with Crippen LogP contribution in [0.2, 0.25) is 0 Å². The first kappa shape index (κ1) is 18.4. The quantitative estimate of drug-likeness (QED) is 0.414. The predicted octanol–water partition coefficient (Wildman–Crippen LogP) is 2.35. The van der Waals surface area contributed by atoms with Crippen LogP contribution in [0.1, 0.15) is 72.6 Å². The monoisotopic (exact) mass is 298 g/mol. The summed E-state index contributed by atoms with van der Waals surface area (Å²) in [7, 11) is 0. The Morgan fingerprint density at radius 3 is 2.29 bits per heavy atom. The maximum Gasteiger partial charge on any atom is 0.204 e. The average Bonchev–Trinajstić information content (AvgIpc) is 2.60. The van der Waals surface area contributed by atoms with E-state index in [0.717, 1.165) is 25.7 Å². The molecule has 0 aliphatic heterocycles. The zero-order valence-corrected chi connectivity index (χ0v) is 13.8. The number of rotatable bonds is 5. The molecule has 0 aromatic rings. The molecule has 1 fully saturated rings. The topological polar surface area (TPSA) is 69.9 Å². The summed E-state index contributed by atoms with van der Waals surface area (Å²) in [5.41, 5.74) is -2.06. The van der Waals surface area contributed by atoms with E-state index in [1.165, 1.54) is 0 Å². The maximum absolute atomic E-state index is 10.3. The third-order valence-corrected chi connectivity index (χ3v) is 3.73. The summed E-state index contributed by atoms with van der Waals surface area (Å²) in [5.74, 6) is 3.49. The molecular formula is C17H30O4. The summed E-state index contributed by atoms with van der Waals surface area (Å²) in [4.78, 5) is 0. The summed E-state index contributed by atoms with van der Waals surface area (Å²) in [6.07, 6.45) is 4.72. The molecule has 1 aliphatic rings. The first-order valence-corrected chi connectivity index (χ1v) is 7.97. The molecule has 3 N–H and O–H groups in total. The van der Waals surface area contributed by atoms with Gasteiger partial charge in [-0.25, -0.2) is 0 Å². The van der Waals surface area contributed by atoms with Gasteiger partial charge in [0.15, 0.2) is 5.60 Å². The van der Waals surface area contributed by atoms with Gasteiger partial charge in [-0.2, -0.15) is 0 Å². The molecule has 1 aliphatic carbocycles. The number of ether oxygens (including phenoxy) is 1. The Hall–Kier alpha value is -0.600. The van der Waals surface area contributed by atoms with Gasteiger partial charge in [0.1, 0.15) is 6.10 Å². The van der Waals surface area contributed by atoms with Crippen LogP contribution in [-0.4, -0.2) is 38.4 Å². The predicted molar refractivity (Wildman–Crippen MR) is 82.5 cm³/mol. The zero-order valence-electron chi connectivity index (χ0n) is 13.8. The Kier molecular flexibility index (Phi) is 6.24. The second-order valence-electron chi connectivity index (χ2n) is 7.01. The van der Waals surface area contributed by atoms with E-state index in [-0.39, 0.29) is 24.5 Å². The van der Waals surface area contributed by atoms with Crippen LogP contribution in [0.15, 0.2) is 0 Å². The SMILES string of the molecule is CCCCCC(C#C[C@@]1(O)CCCC1(O)O)OC(C)(C)C. The van der Waals surface area contributed by atoms with Crippen LogP contribution in [0.5, 0.6) is 0 Å². The Bertz CT molecular complexity index is 386. The van der Waals surface area contributed by atoms with Crippen molar-refractivity contribution in [3.63, 3.8) is 0 Å². The fourth-order valence-corrected chi connectivity index (χ4v) is 2.53. The first-order chi connectivity index (χ1) is 9.60. The van der Waals surface area contributed by atoms with Crippen molar-refractivity contribution >= 4 is 0 Å². The van der Waals surface area contributed by atoms with E-state index in [9.17, 15) is 15.3 Å². The fourth-order valence-electron chi connectivity index (χ4n) is 2.53. The van der Waals surface area contributed by atoms with Gasteiger partial charge >= 0.3 is 0 Å². The van der Waals surface area contributed by atoms with Crippen molar-refractivity contribution in [2.24, 2.45) is 0 Å². The molecule has 0 aromatic carbocycles. The van der Waals surface area contributed by atoms with Crippen LogP contribution in [-0.2, 0) is 4.74 Å². The molecule has 4 nitrogen and oxygen atoms in total. The van der Waals surface area contributed by atoms with Crippen LogP contribution in [0.4, 0.5) is 0 Å². The molecule has 0 saturated heterocycles. The first-order valence-electron chi connectivity index (χ1n) is 7.97. The summed E-state index contributed by atoms with van der Waals surface area (Å²) in [6, 6.07) is 0. The lowest BCUT2D eigenvalue weighted by atomic mass is 9.96. The van der Waals surface area contributed by atoms with Gasteiger partial charge < -0.3 is 20.1 Å². The normalized spacial score (nSPS) is 26.2. The van der Waals surface area contributed by atoms with E-state index in [1.807, 2.05) is 20.8 Å². The van der Waals surface area contributed by atoms with Crippen molar-refractivity contribution in [3.8, 4) is 11.8 Å². The van der Waals surface area contributed by atoms with E-state index < -0.39 is 11.4 Å². The van der Waals surface area contributed by atoms with Crippen LogP contribution < -0.4 is 0 Å². The highest BCUT2D eigenvalue weighted by molar-refractivity contribution is 5.23. The van der Waals surface area contributed by atoms with Crippen molar-refractivity contribution in [2.45, 2.75) is 95.7 Å². The molecule has 0 radical (unpaired) electrons. The lowest BCUT2D eigenvalue weighted by Crippen LogP contribution is -2.49. The second-order valence-corrected chi connectivity index (χ2v) is 7.01. The van der Waals surface area contributed by atoms with E-state index in [4.69, 9.17) is 4.74 Å². The standard InChI is InChI=1S/C17H30O4/c1-5-6-7-9-14(21-15(2,3)4)10-13-16(18)11-8-12-17(16,19)20/h14,18-20H,5-9,11-12H2,1-4H3/t14?,16-/m0/s1. The average molecular weight is 298 g/mol. The third-order valence-electron chi connectivity index (χ3n) is 3.73. The summed E-state index contributed by atoms with van der Waals surface area (Å²) >= 11 is 0. The highest BCUT2D eigenvalue weighted by Crippen LogP contribution is 2.36. The summed E-state index contributed by atoms with van der Waals surface area (Å²) in [6.45, 7) is 8.04. The Morgan fingerprint density at radius 1 is 1.14 bits per heavy atom. The minimum atomic E-state index is -2.12. The zero-order chi connectivity index (χ0) is 16.1. The minimum Gasteiger partial charge on any atom is -0.372 e. The molecule has 0 amide bonds. The maximum atomic E-state index is 10.3. The summed E-state index contributed by atoms with van der Waals surface area (Å²) in [5, 5.41) is 30.0. The molecule has 0 heterocycles. The number of hydrogen-bond donors (Lipinski definition) is 3. The highest BCUT2D eigenvalue weighted by Gasteiger charge is 2.51. The molecule has 1 saturated carbocycles. The molecule has 122 valence electrons. The van der Waals surface area contributed by atoms with E-state index in [0.29, 0.717) is 6.42 Å². The lowest BCUT2D eigenvalue weighted by Gasteiger charge is -2.29. The number of hydrogen-bond acceptors (Lipinski definition) is 4. The molecule has 0 spiro atoms. The number of aliphatic hydroxyl groups is 3. The van der Waals surface area contributed by atoms with E-state index in [1.54, 1.807) is 0 Å². The molecule has 2 atom stereocenters. The van der Waals surface area contributed by atoms with Gasteiger partial charge in [0.25, 0.3) is 0 Å². The van der Waals surface area contributed by atoms with Crippen molar-refractivity contribution in [1.29, 1.82) is 0 Å². The van der Waals surface area contributed by atoms with Crippen molar-refractivity contribution in [3.05, 3.63) is 0 Å². The Morgan fingerprint density at radius 2 is 1.81 bits per heavy atom. The van der Waals surface area contributed by atoms with E-state index >= 15 is 0 Å². The van der Waals surface area contributed by atoms with Crippen molar-refractivity contribution in [2.75, 3.05) is 0 Å². The van der Waals surface area contributed by atoms with Gasteiger partial charge in [0.05, 0.1) is 5.60 Å². The van der Waals surface area contributed by atoms with Gasteiger partial charge in [-0.3, -0.25) is 0 Å². The van der Waals surface area contributed by atoms with Crippen LogP contribution >= 0.6 is 0 Å². The molecule has 0 bridgehead atoms. The molecular weight excluding hydrogens is 268 g/mol. The van der Waals surface area contributed by atoms with Crippen LogP contribution in [0.25, 0.3) is 0 Å². The third kappa shape index (κ3) is 5.60. The summed E-state index contributed by atoms with van der Waals surface area (Å²) < 4.78 is 5.91. The van der Waals surface area contributed by atoms with Gasteiger partial charge in [0.2, 0.25) is 5.79 Å². The van der Waals surface area contributed by atoms with Gasteiger partial charge in [-0.15, -0.1) is 0 Å². The minimum absolute atomic E-state index is 0.152. The Balaban J connectivity index is 2.78. The largest absolute Gasteiger partial charge is 0.372 e. The van der Waals surface area contributed by atoms with Crippen LogP contribution in [0, 0.1) is 11.8 Å². The highest BCUT2D eigenvalue weighted by atomic mass is 16.5. The van der Waals surface area contributed by atoms with Gasteiger partial charge in [-0.1, -0.05) is 31.6 Å². The fraction of sp³-hybridized carbons (Fsp3) is 0.882. The van der Waals surface area contributed by atoms with E-state index in [2.05, 4.69) is 18.8 Å². The van der Waals surface area contributed by atoms with Crippen molar-refractivity contribution < 1.29 is 20.1 Å². The van der Waals surface area contributed by atoms with Gasteiger partial charge in [-0.05, 0) is 46.5 Å².